The molecular formula is C13H26N2O2. The van der Waals surface area contributed by atoms with Gasteiger partial charge in [0.2, 0.25) is 0 Å². The summed E-state index contributed by atoms with van der Waals surface area (Å²) in [5.41, 5.74) is 5.33. The highest BCUT2D eigenvalue weighted by atomic mass is 16.6. The van der Waals surface area contributed by atoms with Gasteiger partial charge in [0.15, 0.2) is 0 Å². The summed E-state index contributed by atoms with van der Waals surface area (Å²) in [5.74, 6) is 1.18. The number of amides is 1. The second-order valence-electron chi connectivity index (χ2n) is 6.18. The van der Waals surface area contributed by atoms with Gasteiger partial charge in [0.05, 0.1) is 0 Å². The van der Waals surface area contributed by atoms with Crippen LogP contribution in [0.25, 0.3) is 0 Å². The summed E-state index contributed by atoms with van der Waals surface area (Å²) in [6.07, 6.45) is 3.32. The number of hydrogen-bond donors (Lipinski definition) is 2. The Kier molecular flexibility index (Phi) is 4.80. The van der Waals surface area contributed by atoms with Gasteiger partial charge in [-0.05, 0) is 45.4 Å². The van der Waals surface area contributed by atoms with Crippen molar-refractivity contribution in [3.63, 3.8) is 0 Å². The van der Waals surface area contributed by atoms with Gasteiger partial charge in [0.1, 0.15) is 5.60 Å². The Morgan fingerprint density at radius 3 is 2.18 bits per heavy atom. The molecule has 1 saturated carbocycles. The van der Waals surface area contributed by atoms with Gasteiger partial charge in [-0.3, -0.25) is 5.43 Å². The first-order valence-corrected chi connectivity index (χ1v) is 6.54. The predicted octanol–water partition coefficient (Wildman–Crippen LogP) is 2.84. The Hall–Kier alpha value is -0.770. The smallest absolute Gasteiger partial charge is 0.422 e. The lowest BCUT2D eigenvalue weighted by Crippen LogP contribution is -2.52. The van der Waals surface area contributed by atoms with Crippen LogP contribution in [0.2, 0.25) is 0 Å². The SMILES string of the molecule is CC1CCCC(C)C1NNC(=O)OC(C)(C)C. The van der Waals surface area contributed by atoms with Crippen LogP contribution in [-0.2, 0) is 4.74 Å². The largest absolute Gasteiger partial charge is 0.443 e. The van der Waals surface area contributed by atoms with Gasteiger partial charge in [0, 0.05) is 6.04 Å². The molecule has 0 heterocycles. The van der Waals surface area contributed by atoms with Crippen molar-refractivity contribution in [2.75, 3.05) is 0 Å². The van der Waals surface area contributed by atoms with Crippen LogP contribution < -0.4 is 10.9 Å². The summed E-state index contributed by atoms with van der Waals surface area (Å²) in [5, 5.41) is 0. The molecule has 17 heavy (non-hydrogen) atoms. The Balaban J connectivity index is 2.36. The van der Waals surface area contributed by atoms with Crippen molar-refractivity contribution in [2.24, 2.45) is 11.8 Å². The molecule has 0 saturated heterocycles. The van der Waals surface area contributed by atoms with E-state index in [0.717, 1.165) is 0 Å². The Morgan fingerprint density at radius 2 is 1.71 bits per heavy atom. The summed E-state index contributed by atoms with van der Waals surface area (Å²) >= 11 is 0. The van der Waals surface area contributed by atoms with Crippen LogP contribution in [0.5, 0.6) is 0 Å². The number of nitrogens with one attached hydrogen (secondary N) is 2. The van der Waals surface area contributed by atoms with Crippen molar-refractivity contribution in [3.05, 3.63) is 0 Å². The topological polar surface area (TPSA) is 50.4 Å². The average molecular weight is 242 g/mol. The number of hydrogen-bond acceptors (Lipinski definition) is 3. The molecule has 1 aliphatic rings. The van der Waals surface area contributed by atoms with Crippen molar-refractivity contribution in [1.82, 2.24) is 10.9 Å². The van der Waals surface area contributed by atoms with E-state index in [2.05, 4.69) is 24.7 Å². The molecule has 1 aliphatic carbocycles. The third kappa shape index (κ3) is 4.94. The first kappa shape index (κ1) is 14.3. The van der Waals surface area contributed by atoms with Crippen LogP contribution in [0.3, 0.4) is 0 Å². The van der Waals surface area contributed by atoms with Gasteiger partial charge in [-0.25, -0.2) is 10.2 Å². The fraction of sp³-hybridized carbons (Fsp3) is 0.923. The van der Waals surface area contributed by atoms with E-state index in [0.29, 0.717) is 17.9 Å². The number of rotatable bonds is 2. The number of ether oxygens (including phenoxy) is 1. The van der Waals surface area contributed by atoms with Gasteiger partial charge in [-0.15, -0.1) is 0 Å². The van der Waals surface area contributed by atoms with Crippen LogP contribution in [0.1, 0.15) is 53.9 Å². The van der Waals surface area contributed by atoms with Crippen molar-refractivity contribution >= 4 is 6.09 Å². The predicted molar refractivity (Wildman–Crippen MR) is 68.5 cm³/mol. The second kappa shape index (κ2) is 5.71. The second-order valence-corrected chi connectivity index (χ2v) is 6.18. The van der Waals surface area contributed by atoms with E-state index in [1.54, 1.807) is 0 Å². The van der Waals surface area contributed by atoms with Crippen LogP contribution in [0, 0.1) is 11.8 Å². The van der Waals surface area contributed by atoms with Crippen molar-refractivity contribution in [2.45, 2.75) is 65.5 Å². The molecule has 4 nitrogen and oxygen atoms in total. The van der Waals surface area contributed by atoms with Gasteiger partial charge in [-0.2, -0.15) is 0 Å². The van der Waals surface area contributed by atoms with E-state index < -0.39 is 11.7 Å². The number of hydrazine groups is 1. The van der Waals surface area contributed by atoms with Crippen LogP contribution in [0.15, 0.2) is 0 Å². The van der Waals surface area contributed by atoms with E-state index in [-0.39, 0.29) is 0 Å². The van der Waals surface area contributed by atoms with Crippen molar-refractivity contribution in [3.8, 4) is 0 Å². The molecule has 0 aromatic rings. The Labute approximate surface area is 104 Å². The average Bonchev–Trinajstić information content (AvgIpc) is 2.14. The molecule has 0 bridgehead atoms. The molecule has 0 spiro atoms. The monoisotopic (exact) mass is 242 g/mol. The first-order valence-electron chi connectivity index (χ1n) is 6.54. The highest BCUT2D eigenvalue weighted by Gasteiger charge is 2.28. The molecule has 0 aromatic carbocycles. The molecular weight excluding hydrogens is 216 g/mol. The number of carbonyl (C=O) groups is 1. The summed E-state index contributed by atoms with van der Waals surface area (Å²) in [4.78, 5) is 11.5. The Morgan fingerprint density at radius 1 is 1.18 bits per heavy atom. The highest BCUT2D eigenvalue weighted by Crippen LogP contribution is 2.28. The van der Waals surface area contributed by atoms with Gasteiger partial charge < -0.3 is 4.74 Å². The molecule has 1 rings (SSSR count). The minimum absolute atomic E-state index is 0.344. The molecule has 0 aromatic heterocycles. The summed E-state index contributed by atoms with van der Waals surface area (Å²) in [6.45, 7) is 10.0. The lowest BCUT2D eigenvalue weighted by molar-refractivity contribution is 0.0458. The third-order valence-electron chi connectivity index (χ3n) is 3.28. The van der Waals surface area contributed by atoms with Crippen LogP contribution in [0.4, 0.5) is 4.79 Å². The molecule has 100 valence electrons. The maximum absolute atomic E-state index is 11.5. The van der Waals surface area contributed by atoms with Gasteiger partial charge in [-0.1, -0.05) is 20.3 Å². The molecule has 1 amide bonds. The zero-order valence-electron chi connectivity index (χ0n) is 11.7. The molecule has 0 radical (unpaired) electrons. The summed E-state index contributed by atoms with van der Waals surface area (Å²) < 4.78 is 5.19. The molecule has 0 aliphatic heterocycles. The third-order valence-corrected chi connectivity index (χ3v) is 3.28. The summed E-state index contributed by atoms with van der Waals surface area (Å²) in [7, 11) is 0. The quantitative estimate of drug-likeness (QED) is 0.732. The molecule has 2 unspecified atom stereocenters. The molecule has 4 heteroatoms. The molecule has 1 fully saturated rings. The maximum atomic E-state index is 11.5. The van der Waals surface area contributed by atoms with Crippen molar-refractivity contribution in [1.29, 1.82) is 0 Å². The van der Waals surface area contributed by atoms with E-state index in [1.165, 1.54) is 19.3 Å². The lowest BCUT2D eigenvalue weighted by atomic mass is 9.79. The van der Waals surface area contributed by atoms with E-state index in [1.807, 2.05) is 20.8 Å². The lowest BCUT2D eigenvalue weighted by Gasteiger charge is -2.35. The minimum Gasteiger partial charge on any atom is -0.443 e. The number of carbonyl (C=O) groups excluding carboxylic acids is 1. The fourth-order valence-electron chi connectivity index (χ4n) is 2.41. The molecule has 2 N–H and O–H groups in total. The minimum atomic E-state index is -0.449. The van der Waals surface area contributed by atoms with E-state index in [4.69, 9.17) is 4.74 Å². The van der Waals surface area contributed by atoms with Gasteiger partial charge >= 0.3 is 6.09 Å². The van der Waals surface area contributed by atoms with Gasteiger partial charge in [0.25, 0.3) is 0 Å². The zero-order valence-corrected chi connectivity index (χ0v) is 11.7. The summed E-state index contributed by atoms with van der Waals surface area (Å²) in [6, 6.07) is 0.344. The normalized spacial score (nSPS) is 29.8. The molecule has 2 atom stereocenters. The van der Waals surface area contributed by atoms with Crippen LogP contribution >= 0.6 is 0 Å². The zero-order chi connectivity index (χ0) is 13.1. The maximum Gasteiger partial charge on any atom is 0.422 e. The highest BCUT2D eigenvalue weighted by molar-refractivity contribution is 5.67. The standard InChI is InChI=1S/C13H26N2O2/c1-9-7-6-8-10(2)11(9)14-15-12(16)17-13(3,4)5/h9-11,14H,6-8H2,1-5H3,(H,15,16). The van der Waals surface area contributed by atoms with E-state index in [9.17, 15) is 4.79 Å². The first-order chi connectivity index (χ1) is 7.79. The Bertz CT molecular complexity index is 251. The van der Waals surface area contributed by atoms with Crippen LogP contribution in [-0.4, -0.2) is 17.7 Å². The van der Waals surface area contributed by atoms with Crippen molar-refractivity contribution < 1.29 is 9.53 Å². The van der Waals surface area contributed by atoms with E-state index >= 15 is 0 Å². The fourth-order valence-corrected chi connectivity index (χ4v) is 2.41.